The molecule has 0 aromatic carbocycles. The highest BCUT2D eigenvalue weighted by Crippen LogP contribution is 2.19. The minimum atomic E-state index is -0.448. The largest absolute Gasteiger partial charge is 0.396 e. The Hall–Kier alpha value is -0.200. The Morgan fingerprint density at radius 1 is 1.25 bits per heavy atom. The molecule has 2 aliphatic rings. The molecule has 0 saturated carbocycles. The van der Waals surface area contributed by atoms with Gasteiger partial charge in [-0.25, -0.2) is 0 Å². The Morgan fingerprint density at radius 3 is 2.90 bits per heavy atom. The molecule has 0 aromatic rings. The summed E-state index contributed by atoms with van der Waals surface area (Å²) in [6.07, 6.45) is 6.31. The minimum absolute atomic E-state index is 0.222. The van der Waals surface area contributed by atoms with Crippen molar-refractivity contribution in [2.75, 3.05) is 39.5 Å². The minimum Gasteiger partial charge on any atom is -0.396 e. The van der Waals surface area contributed by atoms with Crippen molar-refractivity contribution in [3.63, 3.8) is 0 Å². The monoisotopic (exact) mass is 287 g/mol. The van der Waals surface area contributed by atoms with E-state index in [4.69, 9.17) is 14.6 Å². The van der Waals surface area contributed by atoms with Gasteiger partial charge >= 0.3 is 0 Å². The van der Waals surface area contributed by atoms with Gasteiger partial charge in [-0.05, 0) is 38.6 Å². The second-order valence-corrected chi connectivity index (χ2v) is 5.98. The third-order valence-corrected chi connectivity index (χ3v) is 4.29. The van der Waals surface area contributed by atoms with Crippen LogP contribution in [0.5, 0.6) is 0 Å². The molecule has 0 unspecified atom stereocenters. The summed E-state index contributed by atoms with van der Waals surface area (Å²) >= 11 is 0. The van der Waals surface area contributed by atoms with E-state index in [0.29, 0.717) is 25.8 Å². The van der Waals surface area contributed by atoms with Crippen molar-refractivity contribution in [1.29, 1.82) is 0 Å². The summed E-state index contributed by atoms with van der Waals surface area (Å²) in [5, 5.41) is 19.2. The Bertz CT molecular complexity index is 256. The van der Waals surface area contributed by atoms with Crippen molar-refractivity contribution < 1.29 is 19.7 Å². The molecule has 0 bridgehead atoms. The molecular weight excluding hydrogens is 258 g/mol. The molecule has 20 heavy (non-hydrogen) atoms. The number of aliphatic hydroxyl groups is 2. The van der Waals surface area contributed by atoms with Gasteiger partial charge in [-0.15, -0.1) is 0 Å². The highest BCUT2D eigenvalue weighted by molar-refractivity contribution is 4.78. The summed E-state index contributed by atoms with van der Waals surface area (Å²) in [6.45, 7) is 3.71. The first-order chi connectivity index (χ1) is 9.79. The zero-order chi connectivity index (χ0) is 14.2. The third-order valence-electron chi connectivity index (χ3n) is 4.29. The lowest BCUT2D eigenvalue weighted by Crippen LogP contribution is -2.45. The summed E-state index contributed by atoms with van der Waals surface area (Å²) in [5.74, 6) is 0. The van der Waals surface area contributed by atoms with Gasteiger partial charge in [0, 0.05) is 25.8 Å². The van der Waals surface area contributed by atoms with Gasteiger partial charge in [0.1, 0.15) is 0 Å². The van der Waals surface area contributed by atoms with Gasteiger partial charge in [0.25, 0.3) is 0 Å². The normalized spacial score (nSPS) is 29.7. The molecule has 0 spiro atoms. The average Bonchev–Trinajstić information content (AvgIpc) is 2.94. The predicted molar refractivity (Wildman–Crippen MR) is 76.7 cm³/mol. The van der Waals surface area contributed by atoms with Crippen molar-refractivity contribution in [2.45, 2.75) is 56.8 Å². The average molecular weight is 287 g/mol. The second kappa shape index (κ2) is 8.95. The first kappa shape index (κ1) is 16.2. The number of aliphatic hydroxyl groups excluding tert-OH is 2. The molecule has 2 fully saturated rings. The second-order valence-electron chi connectivity index (χ2n) is 5.98. The van der Waals surface area contributed by atoms with Crippen LogP contribution in [0.4, 0.5) is 0 Å². The van der Waals surface area contributed by atoms with E-state index < -0.39 is 6.10 Å². The number of likely N-dealkylation sites (tertiary alicyclic amines) is 1. The van der Waals surface area contributed by atoms with Crippen LogP contribution in [-0.2, 0) is 9.47 Å². The fourth-order valence-electron chi connectivity index (χ4n) is 3.21. The van der Waals surface area contributed by atoms with E-state index >= 15 is 0 Å². The van der Waals surface area contributed by atoms with Gasteiger partial charge in [0.15, 0.2) is 0 Å². The quantitative estimate of drug-likeness (QED) is 0.691. The summed E-state index contributed by atoms with van der Waals surface area (Å²) in [7, 11) is 0. The molecule has 3 atom stereocenters. The molecule has 5 nitrogen and oxygen atoms in total. The van der Waals surface area contributed by atoms with E-state index in [1.54, 1.807) is 0 Å². The molecule has 2 saturated heterocycles. The highest BCUT2D eigenvalue weighted by Gasteiger charge is 2.24. The molecule has 0 aromatic heterocycles. The van der Waals surface area contributed by atoms with Crippen molar-refractivity contribution in [3.8, 4) is 0 Å². The lowest BCUT2D eigenvalue weighted by Gasteiger charge is -2.36. The Morgan fingerprint density at radius 2 is 2.15 bits per heavy atom. The fourth-order valence-corrected chi connectivity index (χ4v) is 3.21. The van der Waals surface area contributed by atoms with Crippen LogP contribution in [0.3, 0.4) is 0 Å². The van der Waals surface area contributed by atoms with Crippen LogP contribution in [0.15, 0.2) is 0 Å². The summed E-state index contributed by atoms with van der Waals surface area (Å²) in [4.78, 5) is 2.31. The number of rotatable bonds is 8. The van der Waals surface area contributed by atoms with Crippen molar-refractivity contribution in [1.82, 2.24) is 4.90 Å². The first-order valence-electron chi connectivity index (χ1n) is 8.02. The highest BCUT2D eigenvalue weighted by atomic mass is 16.5. The van der Waals surface area contributed by atoms with E-state index in [9.17, 15) is 5.11 Å². The standard InChI is InChI=1S/C15H29NO4/c17-8-6-13-4-1-2-7-16(13)10-14(18)11-19-12-15-5-3-9-20-15/h13-15,17-18H,1-12H2/t13-,14+,15+/m0/s1. The molecule has 0 amide bonds. The Labute approximate surface area is 121 Å². The molecule has 2 heterocycles. The number of nitrogens with zero attached hydrogens (tertiary/aromatic N) is 1. The summed E-state index contributed by atoms with van der Waals surface area (Å²) < 4.78 is 11.1. The van der Waals surface area contributed by atoms with Crippen LogP contribution >= 0.6 is 0 Å². The summed E-state index contributed by atoms with van der Waals surface area (Å²) in [5.41, 5.74) is 0. The van der Waals surface area contributed by atoms with E-state index in [0.717, 1.165) is 38.8 Å². The lowest BCUT2D eigenvalue weighted by atomic mass is 9.99. The maximum Gasteiger partial charge on any atom is 0.0900 e. The maximum absolute atomic E-state index is 10.1. The van der Waals surface area contributed by atoms with Gasteiger partial charge in [0.05, 0.1) is 25.4 Å². The van der Waals surface area contributed by atoms with Crippen LogP contribution in [0.1, 0.15) is 38.5 Å². The number of hydrogen-bond donors (Lipinski definition) is 2. The van der Waals surface area contributed by atoms with E-state index in [1.807, 2.05) is 0 Å². The van der Waals surface area contributed by atoms with Crippen LogP contribution in [-0.4, -0.2) is 72.9 Å². The van der Waals surface area contributed by atoms with Crippen molar-refractivity contribution in [2.24, 2.45) is 0 Å². The molecule has 5 heteroatoms. The fraction of sp³-hybridized carbons (Fsp3) is 1.00. The molecule has 0 radical (unpaired) electrons. The van der Waals surface area contributed by atoms with Crippen molar-refractivity contribution in [3.05, 3.63) is 0 Å². The van der Waals surface area contributed by atoms with Crippen LogP contribution in [0.25, 0.3) is 0 Å². The van der Waals surface area contributed by atoms with Crippen LogP contribution in [0.2, 0.25) is 0 Å². The number of piperidine rings is 1. The zero-order valence-corrected chi connectivity index (χ0v) is 12.4. The van der Waals surface area contributed by atoms with Gasteiger partial charge in [-0.3, -0.25) is 4.90 Å². The SMILES string of the molecule is OCC[C@@H]1CCCCN1C[C@@H](O)COC[C@H]1CCCO1. The topological polar surface area (TPSA) is 62.2 Å². The van der Waals surface area contributed by atoms with Crippen LogP contribution in [0, 0.1) is 0 Å². The molecule has 2 N–H and O–H groups in total. The molecule has 118 valence electrons. The van der Waals surface area contributed by atoms with E-state index in [-0.39, 0.29) is 12.7 Å². The summed E-state index contributed by atoms with van der Waals surface area (Å²) in [6, 6.07) is 0.418. The molecule has 2 rings (SSSR count). The Balaban J connectivity index is 1.62. The van der Waals surface area contributed by atoms with Crippen LogP contribution < -0.4 is 0 Å². The van der Waals surface area contributed by atoms with Gasteiger partial charge in [-0.1, -0.05) is 6.42 Å². The number of hydrogen-bond acceptors (Lipinski definition) is 5. The third kappa shape index (κ3) is 5.30. The van der Waals surface area contributed by atoms with Gasteiger partial charge in [0.2, 0.25) is 0 Å². The van der Waals surface area contributed by atoms with E-state index in [2.05, 4.69) is 4.90 Å². The van der Waals surface area contributed by atoms with Crippen molar-refractivity contribution >= 4 is 0 Å². The zero-order valence-electron chi connectivity index (χ0n) is 12.4. The molecule has 2 aliphatic heterocycles. The maximum atomic E-state index is 10.1. The van der Waals surface area contributed by atoms with Gasteiger partial charge in [-0.2, -0.15) is 0 Å². The van der Waals surface area contributed by atoms with E-state index in [1.165, 1.54) is 12.8 Å². The molecule has 0 aliphatic carbocycles. The smallest absolute Gasteiger partial charge is 0.0900 e. The first-order valence-corrected chi connectivity index (χ1v) is 8.02. The Kier molecular flexibility index (Phi) is 7.24. The predicted octanol–water partition coefficient (Wildman–Crippen LogP) is 0.780. The number of β-amino-alcohol motifs (C(OH)–C–C–N with tert-alkyl or cyclic N) is 1. The molecular formula is C15H29NO4. The van der Waals surface area contributed by atoms with Gasteiger partial charge < -0.3 is 19.7 Å². The lowest BCUT2D eigenvalue weighted by molar-refractivity contribution is -0.0323. The number of ether oxygens (including phenoxy) is 2.